The highest BCUT2D eigenvalue weighted by atomic mass is 16.5. The lowest BCUT2D eigenvalue weighted by Crippen LogP contribution is -2.22. The van der Waals surface area contributed by atoms with E-state index in [9.17, 15) is 9.59 Å². The third-order valence-electron chi connectivity index (χ3n) is 2.97. The van der Waals surface area contributed by atoms with Gasteiger partial charge in [-0.3, -0.25) is 9.59 Å². The Bertz CT molecular complexity index is 327. The van der Waals surface area contributed by atoms with Gasteiger partial charge in [0.2, 0.25) is 0 Å². The predicted molar refractivity (Wildman–Crippen MR) is 82.1 cm³/mol. The van der Waals surface area contributed by atoms with Crippen LogP contribution in [-0.2, 0) is 19.1 Å². The second-order valence-electron chi connectivity index (χ2n) is 4.92. The summed E-state index contributed by atoms with van der Waals surface area (Å²) in [5.41, 5.74) is 0. The van der Waals surface area contributed by atoms with Crippen LogP contribution in [0.3, 0.4) is 0 Å². The third-order valence-corrected chi connectivity index (χ3v) is 2.97. The van der Waals surface area contributed by atoms with Crippen molar-refractivity contribution in [2.24, 2.45) is 5.92 Å². The topological polar surface area (TPSA) is 93.1 Å². The number of ether oxygens (including phenoxy) is 2. The van der Waals surface area contributed by atoms with E-state index in [1.807, 2.05) is 6.08 Å². The molecule has 0 saturated carbocycles. The van der Waals surface area contributed by atoms with Gasteiger partial charge >= 0.3 is 11.9 Å². The first-order valence-corrected chi connectivity index (χ1v) is 7.86. The van der Waals surface area contributed by atoms with Gasteiger partial charge in [-0.25, -0.2) is 0 Å². The Hall–Kier alpha value is -1.40. The fourth-order valence-corrected chi connectivity index (χ4v) is 1.83. The van der Waals surface area contributed by atoms with Crippen LogP contribution in [0, 0.1) is 5.92 Å². The van der Waals surface area contributed by atoms with E-state index >= 15 is 0 Å². The molecule has 0 fully saturated rings. The van der Waals surface area contributed by atoms with Gasteiger partial charge in [-0.1, -0.05) is 38.3 Å². The minimum atomic E-state index is -0.719. The van der Waals surface area contributed by atoms with Crippen molar-refractivity contribution >= 4 is 11.9 Å². The molecular weight excluding hydrogens is 288 g/mol. The van der Waals surface area contributed by atoms with Gasteiger partial charge < -0.3 is 19.7 Å². The Balaban J connectivity index is 4.34. The first-order valence-electron chi connectivity index (χ1n) is 7.86. The lowest BCUT2D eigenvalue weighted by molar-refractivity contribution is -0.154. The standard InChI is InChI=1S/C16H28O6/c1-2-3-4-5-6-7-8-14(16(20)22-12-10-18)13-15(19)21-11-9-17/h7-8,14,17-18H,2-6,9-13H2,1H3. The number of aliphatic hydroxyl groups is 2. The van der Waals surface area contributed by atoms with Crippen molar-refractivity contribution in [3.8, 4) is 0 Å². The quantitative estimate of drug-likeness (QED) is 0.304. The lowest BCUT2D eigenvalue weighted by Gasteiger charge is -2.11. The van der Waals surface area contributed by atoms with Crippen molar-refractivity contribution in [2.75, 3.05) is 26.4 Å². The van der Waals surface area contributed by atoms with E-state index in [4.69, 9.17) is 19.7 Å². The van der Waals surface area contributed by atoms with Crippen molar-refractivity contribution < 1.29 is 29.3 Å². The number of esters is 2. The van der Waals surface area contributed by atoms with Crippen LogP contribution in [0.5, 0.6) is 0 Å². The lowest BCUT2D eigenvalue weighted by atomic mass is 10.0. The SMILES string of the molecule is CCCCCCC=CC(CC(=O)OCCO)C(=O)OCCO. The Morgan fingerprint density at radius 1 is 1.05 bits per heavy atom. The Morgan fingerprint density at radius 2 is 1.73 bits per heavy atom. The summed E-state index contributed by atoms with van der Waals surface area (Å²) in [7, 11) is 0. The van der Waals surface area contributed by atoms with Gasteiger partial charge in [0.05, 0.1) is 25.6 Å². The zero-order valence-corrected chi connectivity index (χ0v) is 13.3. The molecule has 128 valence electrons. The van der Waals surface area contributed by atoms with Crippen LogP contribution in [0.4, 0.5) is 0 Å². The zero-order chi connectivity index (χ0) is 16.6. The summed E-state index contributed by atoms with van der Waals surface area (Å²) in [6, 6.07) is 0. The maximum Gasteiger partial charge on any atom is 0.313 e. The summed E-state index contributed by atoms with van der Waals surface area (Å²) in [6.07, 6.45) is 8.77. The molecule has 1 atom stereocenters. The molecule has 6 nitrogen and oxygen atoms in total. The molecule has 0 heterocycles. The molecule has 1 unspecified atom stereocenters. The minimum absolute atomic E-state index is 0.0853. The average Bonchev–Trinajstić information content (AvgIpc) is 2.52. The van der Waals surface area contributed by atoms with Crippen LogP contribution in [0.25, 0.3) is 0 Å². The van der Waals surface area contributed by atoms with E-state index < -0.39 is 17.9 Å². The maximum absolute atomic E-state index is 11.8. The fraction of sp³-hybridized carbons (Fsp3) is 0.750. The van der Waals surface area contributed by atoms with Crippen LogP contribution in [0.1, 0.15) is 45.4 Å². The number of hydrogen-bond acceptors (Lipinski definition) is 6. The number of unbranched alkanes of at least 4 members (excludes halogenated alkanes) is 4. The van der Waals surface area contributed by atoms with E-state index in [1.165, 1.54) is 6.42 Å². The van der Waals surface area contributed by atoms with E-state index in [-0.39, 0.29) is 32.8 Å². The summed E-state index contributed by atoms with van der Waals surface area (Å²) in [6.45, 7) is 1.46. The Morgan fingerprint density at radius 3 is 2.36 bits per heavy atom. The van der Waals surface area contributed by atoms with Crippen LogP contribution < -0.4 is 0 Å². The van der Waals surface area contributed by atoms with Crippen molar-refractivity contribution in [3.05, 3.63) is 12.2 Å². The Kier molecular flexibility index (Phi) is 13.6. The molecule has 0 amide bonds. The number of carbonyl (C=O) groups is 2. The van der Waals surface area contributed by atoms with E-state index in [0.29, 0.717) is 0 Å². The Labute approximate surface area is 132 Å². The number of allylic oxidation sites excluding steroid dienone is 1. The molecule has 0 bridgehead atoms. The summed E-state index contributed by atoms with van der Waals surface area (Å²) in [4.78, 5) is 23.4. The highest BCUT2D eigenvalue weighted by molar-refractivity contribution is 5.81. The molecule has 0 aromatic carbocycles. The van der Waals surface area contributed by atoms with Crippen LogP contribution in [0.2, 0.25) is 0 Å². The summed E-state index contributed by atoms with van der Waals surface area (Å²) in [5, 5.41) is 17.3. The highest BCUT2D eigenvalue weighted by Gasteiger charge is 2.21. The average molecular weight is 316 g/mol. The van der Waals surface area contributed by atoms with Gasteiger partial charge in [0, 0.05) is 0 Å². The third kappa shape index (κ3) is 11.3. The maximum atomic E-state index is 11.8. The smallest absolute Gasteiger partial charge is 0.313 e. The van der Waals surface area contributed by atoms with E-state index in [1.54, 1.807) is 6.08 Å². The van der Waals surface area contributed by atoms with Crippen molar-refractivity contribution in [1.29, 1.82) is 0 Å². The second-order valence-corrected chi connectivity index (χ2v) is 4.92. The van der Waals surface area contributed by atoms with Crippen LogP contribution in [0.15, 0.2) is 12.2 Å². The molecule has 6 heteroatoms. The molecule has 0 rings (SSSR count). The molecule has 0 radical (unpaired) electrons. The van der Waals surface area contributed by atoms with Gasteiger partial charge in [-0.05, 0) is 12.8 Å². The molecular formula is C16H28O6. The number of aliphatic hydroxyl groups excluding tert-OH is 2. The molecule has 0 aromatic rings. The largest absolute Gasteiger partial charge is 0.463 e. The number of carbonyl (C=O) groups excluding carboxylic acids is 2. The second kappa shape index (κ2) is 14.5. The van der Waals surface area contributed by atoms with Crippen molar-refractivity contribution in [2.45, 2.75) is 45.4 Å². The normalized spacial score (nSPS) is 12.3. The fourth-order valence-electron chi connectivity index (χ4n) is 1.83. The summed E-state index contributed by atoms with van der Waals surface area (Å²) in [5.74, 6) is -1.83. The highest BCUT2D eigenvalue weighted by Crippen LogP contribution is 2.12. The molecule has 0 aliphatic heterocycles. The molecule has 22 heavy (non-hydrogen) atoms. The van der Waals surface area contributed by atoms with Crippen molar-refractivity contribution in [3.63, 3.8) is 0 Å². The first-order chi connectivity index (χ1) is 10.7. The van der Waals surface area contributed by atoms with Gasteiger partial charge in [0.25, 0.3) is 0 Å². The molecule has 0 saturated heterocycles. The van der Waals surface area contributed by atoms with E-state index in [0.717, 1.165) is 25.7 Å². The van der Waals surface area contributed by atoms with Gasteiger partial charge in [0.15, 0.2) is 0 Å². The van der Waals surface area contributed by atoms with Crippen molar-refractivity contribution in [1.82, 2.24) is 0 Å². The number of hydrogen-bond donors (Lipinski definition) is 2. The minimum Gasteiger partial charge on any atom is -0.463 e. The first kappa shape index (κ1) is 20.6. The zero-order valence-electron chi connectivity index (χ0n) is 13.3. The van der Waals surface area contributed by atoms with Gasteiger partial charge in [-0.15, -0.1) is 0 Å². The van der Waals surface area contributed by atoms with Crippen LogP contribution >= 0.6 is 0 Å². The van der Waals surface area contributed by atoms with Crippen LogP contribution in [-0.4, -0.2) is 48.6 Å². The summed E-state index contributed by atoms with van der Waals surface area (Å²) < 4.78 is 9.61. The monoisotopic (exact) mass is 316 g/mol. The van der Waals surface area contributed by atoms with Gasteiger partial charge in [0.1, 0.15) is 13.2 Å². The molecule has 0 aromatic heterocycles. The number of rotatable bonds is 13. The van der Waals surface area contributed by atoms with Gasteiger partial charge in [-0.2, -0.15) is 0 Å². The predicted octanol–water partition coefficient (Wildman–Crippen LogP) is 1.59. The summed E-state index contributed by atoms with van der Waals surface area (Å²) >= 11 is 0. The molecule has 2 N–H and O–H groups in total. The van der Waals surface area contributed by atoms with E-state index in [2.05, 4.69) is 6.92 Å². The molecule has 0 spiro atoms. The molecule has 0 aliphatic rings. The molecule has 0 aliphatic carbocycles.